The normalized spacial score (nSPS) is 17.0. The van der Waals surface area contributed by atoms with Gasteiger partial charge in [0.05, 0.1) is 17.8 Å². The predicted molar refractivity (Wildman–Crippen MR) is 85.7 cm³/mol. The van der Waals surface area contributed by atoms with Crippen molar-refractivity contribution in [3.8, 4) is 0 Å². The van der Waals surface area contributed by atoms with E-state index in [0.717, 1.165) is 6.07 Å². The molecule has 1 aromatic heterocycles. The van der Waals surface area contributed by atoms with Gasteiger partial charge in [0.2, 0.25) is 5.13 Å². The molecule has 1 fully saturated rings. The van der Waals surface area contributed by atoms with Crippen LogP contribution in [-0.2, 0) is 4.74 Å². The van der Waals surface area contributed by atoms with E-state index in [9.17, 15) is 14.0 Å². The molecule has 3 N–H and O–H groups in total. The molecule has 0 unspecified atom stereocenters. The van der Waals surface area contributed by atoms with E-state index < -0.39 is 23.9 Å². The zero-order valence-corrected chi connectivity index (χ0v) is 13.5. The van der Waals surface area contributed by atoms with Crippen molar-refractivity contribution in [1.82, 2.24) is 10.2 Å². The zero-order valence-electron chi connectivity index (χ0n) is 12.7. The Kier molecular flexibility index (Phi) is 4.40. The van der Waals surface area contributed by atoms with Gasteiger partial charge in [0, 0.05) is 6.54 Å². The Morgan fingerprint density at radius 2 is 2.33 bits per heavy atom. The van der Waals surface area contributed by atoms with E-state index in [4.69, 9.17) is 10.5 Å². The minimum Gasteiger partial charge on any atom is -0.443 e. The first-order valence-electron chi connectivity index (χ1n) is 7.07. The van der Waals surface area contributed by atoms with Crippen molar-refractivity contribution in [1.29, 1.82) is 0 Å². The number of aromatic nitrogens is 2. The molecule has 1 aliphatic rings. The van der Waals surface area contributed by atoms with Gasteiger partial charge in [-0.3, -0.25) is 15.0 Å². The summed E-state index contributed by atoms with van der Waals surface area (Å²) in [6.07, 6.45) is -1.02. The summed E-state index contributed by atoms with van der Waals surface area (Å²) in [7, 11) is 0. The fourth-order valence-electron chi connectivity index (χ4n) is 2.22. The largest absolute Gasteiger partial charge is 0.443 e. The van der Waals surface area contributed by atoms with Gasteiger partial charge in [-0.05, 0) is 25.1 Å². The van der Waals surface area contributed by atoms with Crippen molar-refractivity contribution < 1.29 is 18.7 Å². The standard InChI is InChI=1S/C14H14FN5O3S/c1-7-18-19-13(24-7)17-12(21)10-3-2-8(4-11(10)15)20-6-9(5-16)23-14(20)22/h2-4,9H,5-6,16H2,1H3,(H,17,19,21)/t9-/m0/s1. The SMILES string of the molecule is Cc1nnc(NC(=O)c2ccc(N3C[C@H](CN)OC3=O)cc2F)s1. The van der Waals surface area contributed by atoms with E-state index in [2.05, 4.69) is 15.5 Å². The van der Waals surface area contributed by atoms with Crippen molar-refractivity contribution in [2.45, 2.75) is 13.0 Å². The number of aryl methyl sites for hydroxylation is 1. The number of rotatable bonds is 4. The number of benzene rings is 1. The second kappa shape index (κ2) is 6.49. The summed E-state index contributed by atoms with van der Waals surface area (Å²) >= 11 is 1.19. The molecule has 3 rings (SSSR count). The van der Waals surface area contributed by atoms with Crippen LogP contribution >= 0.6 is 11.3 Å². The Morgan fingerprint density at radius 3 is 2.92 bits per heavy atom. The smallest absolute Gasteiger partial charge is 0.414 e. The van der Waals surface area contributed by atoms with Crippen LogP contribution in [0.2, 0.25) is 0 Å². The Morgan fingerprint density at radius 1 is 1.54 bits per heavy atom. The molecule has 1 atom stereocenters. The monoisotopic (exact) mass is 351 g/mol. The van der Waals surface area contributed by atoms with Crippen LogP contribution in [0.15, 0.2) is 18.2 Å². The fraction of sp³-hybridized carbons (Fsp3) is 0.286. The Labute approximate surface area is 140 Å². The summed E-state index contributed by atoms with van der Waals surface area (Å²) in [4.78, 5) is 25.1. The summed E-state index contributed by atoms with van der Waals surface area (Å²) in [6, 6.07) is 3.89. The van der Waals surface area contributed by atoms with Gasteiger partial charge >= 0.3 is 6.09 Å². The van der Waals surface area contributed by atoms with E-state index in [1.807, 2.05) is 0 Å². The summed E-state index contributed by atoms with van der Waals surface area (Å²) in [5.74, 6) is -1.39. The third-order valence-corrected chi connectivity index (χ3v) is 4.15. The number of hydrogen-bond donors (Lipinski definition) is 2. The highest BCUT2D eigenvalue weighted by Gasteiger charge is 2.32. The van der Waals surface area contributed by atoms with Crippen LogP contribution in [0.4, 0.5) is 20.0 Å². The molecule has 0 radical (unpaired) electrons. The number of ether oxygens (including phenoxy) is 1. The molecule has 2 amide bonds. The number of halogens is 1. The van der Waals surface area contributed by atoms with Crippen LogP contribution < -0.4 is 16.0 Å². The number of nitrogens with zero attached hydrogens (tertiary/aromatic N) is 3. The van der Waals surface area contributed by atoms with Gasteiger partial charge in [-0.15, -0.1) is 10.2 Å². The summed E-state index contributed by atoms with van der Waals surface area (Å²) < 4.78 is 19.3. The first kappa shape index (κ1) is 16.3. The fourth-order valence-corrected chi connectivity index (χ4v) is 2.81. The Balaban J connectivity index is 1.77. The lowest BCUT2D eigenvalue weighted by Gasteiger charge is -2.14. The van der Waals surface area contributed by atoms with Crippen molar-refractivity contribution in [3.05, 3.63) is 34.6 Å². The molecule has 0 aliphatic carbocycles. The number of amides is 2. The number of anilines is 2. The number of carbonyl (C=O) groups excluding carboxylic acids is 2. The Hall–Kier alpha value is -2.59. The molecule has 2 aromatic rings. The van der Waals surface area contributed by atoms with E-state index in [0.29, 0.717) is 10.7 Å². The first-order chi connectivity index (χ1) is 11.5. The van der Waals surface area contributed by atoms with Gasteiger partial charge < -0.3 is 10.5 Å². The number of nitrogens with two attached hydrogens (primary N) is 1. The number of hydrogen-bond acceptors (Lipinski definition) is 7. The number of nitrogens with one attached hydrogen (secondary N) is 1. The molecule has 126 valence electrons. The highest BCUT2D eigenvalue weighted by atomic mass is 32.1. The molecule has 24 heavy (non-hydrogen) atoms. The van der Waals surface area contributed by atoms with Gasteiger partial charge in [-0.2, -0.15) is 0 Å². The van der Waals surface area contributed by atoms with Crippen molar-refractivity contribution >= 4 is 34.2 Å². The molecule has 2 heterocycles. The van der Waals surface area contributed by atoms with Crippen LogP contribution in [0.5, 0.6) is 0 Å². The lowest BCUT2D eigenvalue weighted by Crippen LogP contribution is -2.27. The van der Waals surface area contributed by atoms with Crippen molar-refractivity contribution in [2.75, 3.05) is 23.3 Å². The van der Waals surface area contributed by atoms with Crippen molar-refractivity contribution in [3.63, 3.8) is 0 Å². The van der Waals surface area contributed by atoms with E-state index in [-0.39, 0.29) is 23.8 Å². The van der Waals surface area contributed by atoms with Gasteiger partial charge in [-0.25, -0.2) is 9.18 Å². The van der Waals surface area contributed by atoms with Crippen LogP contribution in [0, 0.1) is 12.7 Å². The third kappa shape index (κ3) is 3.19. The topological polar surface area (TPSA) is 110 Å². The highest BCUT2D eigenvalue weighted by molar-refractivity contribution is 7.15. The number of cyclic esters (lactones) is 1. The molecule has 0 bridgehead atoms. The molecule has 8 nitrogen and oxygen atoms in total. The molecule has 0 spiro atoms. The van der Waals surface area contributed by atoms with Crippen LogP contribution in [0.3, 0.4) is 0 Å². The first-order valence-corrected chi connectivity index (χ1v) is 7.89. The maximum Gasteiger partial charge on any atom is 0.414 e. The van der Waals surface area contributed by atoms with Crippen LogP contribution in [-0.4, -0.2) is 41.4 Å². The maximum atomic E-state index is 14.3. The van der Waals surface area contributed by atoms with Gasteiger partial charge in [0.1, 0.15) is 16.9 Å². The summed E-state index contributed by atoms with van der Waals surface area (Å²) in [6.45, 7) is 2.17. The second-order valence-corrected chi connectivity index (χ2v) is 6.28. The molecule has 1 aliphatic heterocycles. The quantitative estimate of drug-likeness (QED) is 0.864. The van der Waals surface area contributed by atoms with Gasteiger partial charge in [-0.1, -0.05) is 11.3 Å². The maximum absolute atomic E-state index is 14.3. The molecule has 1 aromatic carbocycles. The second-order valence-electron chi connectivity index (χ2n) is 5.10. The zero-order chi connectivity index (χ0) is 17.3. The summed E-state index contributed by atoms with van der Waals surface area (Å²) in [5.41, 5.74) is 5.61. The van der Waals surface area contributed by atoms with Gasteiger partial charge in [0.25, 0.3) is 5.91 Å². The minimum atomic E-state index is -0.754. The minimum absolute atomic E-state index is 0.158. The lowest BCUT2D eigenvalue weighted by molar-refractivity contribution is 0.102. The highest BCUT2D eigenvalue weighted by Crippen LogP contribution is 2.24. The molecule has 1 saturated heterocycles. The van der Waals surface area contributed by atoms with Crippen LogP contribution in [0.25, 0.3) is 0 Å². The average molecular weight is 351 g/mol. The van der Waals surface area contributed by atoms with Crippen LogP contribution in [0.1, 0.15) is 15.4 Å². The molecular formula is C14H14FN5O3S. The Bertz CT molecular complexity index is 796. The lowest BCUT2D eigenvalue weighted by atomic mass is 10.1. The third-order valence-electron chi connectivity index (χ3n) is 3.39. The number of carbonyl (C=O) groups is 2. The molecule has 0 saturated carbocycles. The predicted octanol–water partition coefficient (Wildman–Crippen LogP) is 1.52. The van der Waals surface area contributed by atoms with Crippen molar-refractivity contribution in [2.24, 2.45) is 5.73 Å². The average Bonchev–Trinajstić information content (AvgIpc) is 3.12. The van der Waals surface area contributed by atoms with E-state index >= 15 is 0 Å². The molecule has 10 heteroatoms. The van der Waals surface area contributed by atoms with E-state index in [1.165, 1.54) is 28.4 Å². The molecular weight excluding hydrogens is 337 g/mol. The van der Waals surface area contributed by atoms with E-state index in [1.54, 1.807) is 6.92 Å². The summed E-state index contributed by atoms with van der Waals surface area (Å²) in [5, 5.41) is 11.0. The van der Waals surface area contributed by atoms with Gasteiger partial charge in [0.15, 0.2) is 0 Å².